The quantitative estimate of drug-likeness (QED) is 0.721. The van der Waals surface area contributed by atoms with Crippen LogP contribution in [0.2, 0.25) is 0 Å². The highest BCUT2D eigenvalue weighted by Crippen LogP contribution is 2.03. The minimum Gasteiger partial charge on any atom is -0.396 e. The summed E-state index contributed by atoms with van der Waals surface area (Å²) in [7, 11) is 1.99. The molecule has 0 spiro atoms. The Labute approximate surface area is 92.5 Å². The van der Waals surface area contributed by atoms with Crippen molar-refractivity contribution in [3.8, 4) is 0 Å². The number of hydrogen-bond acceptors (Lipinski definition) is 3. The van der Waals surface area contributed by atoms with E-state index in [0.717, 1.165) is 18.0 Å². The van der Waals surface area contributed by atoms with Crippen LogP contribution in [0.4, 0.5) is 0 Å². The smallest absolute Gasteiger partial charge is 0.396 e. The van der Waals surface area contributed by atoms with Crippen LogP contribution in [0.25, 0.3) is 0 Å². The van der Waals surface area contributed by atoms with E-state index < -0.39 is 9.28 Å². The first-order valence-electron chi connectivity index (χ1n) is 4.97. The SMILES string of the molecule is CO[Si](OC)c1ccccc1CCCO. The van der Waals surface area contributed by atoms with Gasteiger partial charge in [0, 0.05) is 20.8 Å². The van der Waals surface area contributed by atoms with E-state index in [0.29, 0.717) is 0 Å². The van der Waals surface area contributed by atoms with Gasteiger partial charge in [-0.3, -0.25) is 0 Å². The monoisotopic (exact) mass is 225 g/mol. The van der Waals surface area contributed by atoms with Gasteiger partial charge in [0.15, 0.2) is 0 Å². The normalized spacial score (nSPS) is 10.9. The maximum Gasteiger partial charge on any atom is 0.423 e. The second-order valence-electron chi connectivity index (χ2n) is 3.18. The van der Waals surface area contributed by atoms with Gasteiger partial charge in [-0.15, -0.1) is 0 Å². The molecule has 0 saturated heterocycles. The zero-order chi connectivity index (χ0) is 11.1. The molecule has 15 heavy (non-hydrogen) atoms. The van der Waals surface area contributed by atoms with E-state index in [4.69, 9.17) is 14.0 Å². The van der Waals surface area contributed by atoms with Gasteiger partial charge < -0.3 is 14.0 Å². The molecule has 1 aromatic rings. The third kappa shape index (κ3) is 3.42. The summed E-state index contributed by atoms with van der Waals surface area (Å²) >= 11 is 0. The van der Waals surface area contributed by atoms with Gasteiger partial charge >= 0.3 is 9.28 Å². The molecular formula is C11H17O3Si. The Bertz CT molecular complexity index is 287. The molecule has 1 rings (SSSR count). The van der Waals surface area contributed by atoms with Crippen molar-refractivity contribution in [2.45, 2.75) is 12.8 Å². The van der Waals surface area contributed by atoms with Gasteiger partial charge in [-0.25, -0.2) is 0 Å². The van der Waals surface area contributed by atoms with Crippen LogP contribution in [0, 0.1) is 0 Å². The van der Waals surface area contributed by atoms with Gasteiger partial charge in [-0.1, -0.05) is 24.3 Å². The maximum absolute atomic E-state index is 8.82. The van der Waals surface area contributed by atoms with E-state index in [2.05, 4.69) is 6.07 Å². The Kier molecular flexibility index (Phi) is 5.56. The number of aliphatic hydroxyl groups is 1. The van der Waals surface area contributed by atoms with Gasteiger partial charge in [0.1, 0.15) is 0 Å². The molecule has 0 fully saturated rings. The van der Waals surface area contributed by atoms with Gasteiger partial charge in [-0.05, 0) is 23.6 Å². The Morgan fingerprint density at radius 1 is 1.20 bits per heavy atom. The minimum atomic E-state index is -1.34. The van der Waals surface area contributed by atoms with Crippen LogP contribution >= 0.6 is 0 Å². The van der Waals surface area contributed by atoms with Crippen molar-refractivity contribution in [2.24, 2.45) is 0 Å². The molecule has 0 amide bonds. The van der Waals surface area contributed by atoms with E-state index in [-0.39, 0.29) is 6.61 Å². The first-order chi connectivity index (χ1) is 7.33. The van der Waals surface area contributed by atoms with Gasteiger partial charge in [0.2, 0.25) is 0 Å². The predicted octanol–water partition coefficient (Wildman–Crippen LogP) is 0.599. The molecule has 0 aliphatic carbocycles. The second kappa shape index (κ2) is 6.74. The lowest BCUT2D eigenvalue weighted by atomic mass is 10.1. The molecule has 0 aromatic heterocycles. The first-order valence-corrected chi connectivity index (χ1v) is 6.29. The molecule has 83 valence electrons. The molecule has 0 heterocycles. The summed E-state index contributed by atoms with van der Waals surface area (Å²) in [5.74, 6) is 0. The summed E-state index contributed by atoms with van der Waals surface area (Å²) in [6.45, 7) is 0.219. The summed E-state index contributed by atoms with van der Waals surface area (Å²) in [4.78, 5) is 0. The minimum absolute atomic E-state index is 0.219. The first kappa shape index (κ1) is 12.4. The van der Waals surface area contributed by atoms with Crippen LogP contribution in [-0.2, 0) is 15.3 Å². The highest BCUT2D eigenvalue weighted by atomic mass is 28.3. The maximum atomic E-state index is 8.82. The average molecular weight is 225 g/mol. The van der Waals surface area contributed by atoms with E-state index in [1.807, 2.05) is 18.2 Å². The molecule has 1 aromatic carbocycles. The number of aliphatic hydroxyl groups excluding tert-OH is 1. The molecular weight excluding hydrogens is 208 g/mol. The summed E-state index contributed by atoms with van der Waals surface area (Å²) < 4.78 is 10.6. The van der Waals surface area contributed by atoms with Gasteiger partial charge in [-0.2, -0.15) is 0 Å². The van der Waals surface area contributed by atoms with Crippen molar-refractivity contribution < 1.29 is 14.0 Å². The van der Waals surface area contributed by atoms with Crippen molar-refractivity contribution >= 4 is 14.5 Å². The Hall–Kier alpha value is -0.683. The predicted molar refractivity (Wildman–Crippen MR) is 61.3 cm³/mol. The standard InChI is InChI=1S/C11H17O3Si/c1-13-15(14-2)11-8-4-3-6-10(11)7-5-9-12/h3-4,6,8,12H,5,7,9H2,1-2H3. The van der Waals surface area contributed by atoms with Crippen molar-refractivity contribution in [1.82, 2.24) is 0 Å². The lowest BCUT2D eigenvalue weighted by molar-refractivity contribution is 0.286. The third-order valence-electron chi connectivity index (χ3n) is 2.21. The number of aryl methyl sites for hydroxylation is 1. The molecule has 0 bridgehead atoms. The van der Waals surface area contributed by atoms with Crippen LogP contribution in [0.1, 0.15) is 12.0 Å². The molecule has 0 aliphatic rings. The van der Waals surface area contributed by atoms with Crippen LogP contribution in [-0.4, -0.2) is 35.2 Å². The molecule has 1 N–H and O–H groups in total. The third-order valence-corrected chi connectivity index (χ3v) is 3.88. The fourth-order valence-electron chi connectivity index (χ4n) is 1.51. The van der Waals surface area contributed by atoms with Crippen molar-refractivity contribution in [3.05, 3.63) is 29.8 Å². The zero-order valence-electron chi connectivity index (χ0n) is 9.19. The van der Waals surface area contributed by atoms with E-state index in [1.165, 1.54) is 5.56 Å². The number of benzene rings is 1. The van der Waals surface area contributed by atoms with Crippen LogP contribution in [0.15, 0.2) is 24.3 Å². The van der Waals surface area contributed by atoms with E-state index >= 15 is 0 Å². The van der Waals surface area contributed by atoms with Crippen molar-refractivity contribution in [3.63, 3.8) is 0 Å². The molecule has 3 nitrogen and oxygen atoms in total. The molecule has 4 heteroatoms. The lowest BCUT2D eigenvalue weighted by Gasteiger charge is -2.13. The molecule has 0 aliphatic heterocycles. The van der Waals surface area contributed by atoms with Gasteiger partial charge in [0.25, 0.3) is 0 Å². The highest BCUT2D eigenvalue weighted by molar-refractivity contribution is 6.61. The zero-order valence-corrected chi connectivity index (χ0v) is 10.2. The summed E-state index contributed by atoms with van der Waals surface area (Å²) in [6, 6.07) is 8.09. The van der Waals surface area contributed by atoms with E-state index in [9.17, 15) is 0 Å². The Balaban J connectivity index is 2.84. The molecule has 1 radical (unpaired) electrons. The van der Waals surface area contributed by atoms with Crippen molar-refractivity contribution in [2.75, 3.05) is 20.8 Å². The lowest BCUT2D eigenvalue weighted by Crippen LogP contribution is -2.37. The molecule has 0 saturated carbocycles. The van der Waals surface area contributed by atoms with Crippen LogP contribution in [0.5, 0.6) is 0 Å². The summed E-state index contributed by atoms with van der Waals surface area (Å²) in [5, 5.41) is 9.96. The van der Waals surface area contributed by atoms with Gasteiger partial charge in [0.05, 0.1) is 0 Å². The second-order valence-corrected chi connectivity index (χ2v) is 5.11. The topological polar surface area (TPSA) is 38.7 Å². The molecule has 0 unspecified atom stereocenters. The average Bonchev–Trinajstić information content (AvgIpc) is 2.29. The molecule has 0 atom stereocenters. The summed E-state index contributed by atoms with van der Waals surface area (Å²) in [6.07, 6.45) is 1.65. The number of rotatable bonds is 6. The Morgan fingerprint density at radius 2 is 1.87 bits per heavy atom. The van der Waals surface area contributed by atoms with Crippen LogP contribution in [0.3, 0.4) is 0 Å². The Morgan fingerprint density at radius 3 is 2.47 bits per heavy atom. The van der Waals surface area contributed by atoms with Crippen molar-refractivity contribution in [1.29, 1.82) is 0 Å². The number of hydrogen-bond donors (Lipinski definition) is 1. The summed E-state index contributed by atoms with van der Waals surface area (Å²) in [5.41, 5.74) is 1.21. The highest BCUT2D eigenvalue weighted by Gasteiger charge is 2.18. The fraction of sp³-hybridized carbons (Fsp3) is 0.455. The fourth-order valence-corrected chi connectivity index (χ4v) is 2.82. The largest absolute Gasteiger partial charge is 0.423 e. The van der Waals surface area contributed by atoms with E-state index in [1.54, 1.807) is 14.2 Å². The van der Waals surface area contributed by atoms with Crippen LogP contribution < -0.4 is 5.19 Å².